The molecule has 0 bridgehead atoms. The van der Waals surface area contributed by atoms with Gasteiger partial charge in [0.05, 0.1) is 22.3 Å². The summed E-state index contributed by atoms with van der Waals surface area (Å²) >= 11 is 5.98. The molecule has 1 aliphatic rings. The van der Waals surface area contributed by atoms with E-state index in [1.54, 1.807) is 0 Å². The number of amides is 2. The maximum absolute atomic E-state index is 12.3. The minimum atomic E-state index is -1.22. The van der Waals surface area contributed by atoms with Crippen molar-refractivity contribution in [2.75, 3.05) is 11.9 Å². The molecule has 1 heterocycles. The molecule has 0 aliphatic carbocycles. The summed E-state index contributed by atoms with van der Waals surface area (Å²) in [7, 11) is 0. The highest BCUT2D eigenvalue weighted by Gasteiger charge is 2.46. The zero-order chi connectivity index (χ0) is 15.6. The number of benzene rings is 1. The van der Waals surface area contributed by atoms with E-state index in [-0.39, 0.29) is 0 Å². The van der Waals surface area contributed by atoms with E-state index >= 15 is 0 Å². The molecule has 1 atom stereocenters. The van der Waals surface area contributed by atoms with Crippen LogP contribution in [0.3, 0.4) is 0 Å². The van der Waals surface area contributed by atoms with E-state index in [0.29, 0.717) is 35.7 Å². The van der Waals surface area contributed by atoms with Crippen LogP contribution in [0.4, 0.5) is 10.5 Å². The number of likely N-dealkylation sites (tertiary alicyclic amines) is 1. The molecule has 2 N–H and O–H groups in total. The lowest BCUT2D eigenvalue weighted by Gasteiger charge is -2.31. The van der Waals surface area contributed by atoms with Gasteiger partial charge >= 0.3 is 12.0 Å². The first kappa shape index (κ1) is 15.1. The summed E-state index contributed by atoms with van der Waals surface area (Å²) in [5, 5.41) is 21.0. The smallest absolute Gasteiger partial charge is 0.329 e. The number of hydrogen-bond donors (Lipinski definition) is 2. The van der Waals surface area contributed by atoms with Crippen molar-refractivity contribution in [3.05, 3.63) is 28.8 Å². The maximum Gasteiger partial charge on any atom is 0.329 e. The molecule has 0 radical (unpaired) electrons. The lowest BCUT2D eigenvalue weighted by atomic mass is 10.00. The lowest BCUT2D eigenvalue weighted by Crippen LogP contribution is -2.52. The number of nitriles is 1. The van der Waals surface area contributed by atoms with Gasteiger partial charge in [-0.1, -0.05) is 11.6 Å². The van der Waals surface area contributed by atoms with Crippen LogP contribution < -0.4 is 5.32 Å². The Kier molecular flexibility index (Phi) is 4.05. The van der Waals surface area contributed by atoms with Gasteiger partial charge in [-0.15, -0.1) is 0 Å². The van der Waals surface area contributed by atoms with E-state index < -0.39 is 17.5 Å². The van der Waals surface area contributed by atoms with E-state index in [2.05, 4.69) is 5.32 Å². The number of urea groups is 1. The topological polar surface area (TPSA) is 93.4 Å². The van der Waals surface area contributed by atoms with Gasteiger partial charge in [0.1, 0.15) is 5.54 Å². The molecule has 0 spiro atoms. The van der Waals surface area contributed by atoms with Crippen molar-refractivity contribution >= 4 is 29.3 Å². The Balaban J connectivity index is 2.23. The molecule has 1 aromatic carbocycles. The second-order valence-electron chi connectivity index (χ2n) is 5.07. The second-order valence-corrected chi connectivity index (χ2v) is 5.48. The molecule has 110 valence electrons. The molecule has 2 rings (SSSR count). The molecule has 1 aromatic rings. The number of carboxylic acid groups (broad SMARTS) is 1. The highest BCUT2D eigenvalue weighted by molar-refractivity contribution is 6.33. The monoisotopic (exact) mass is 307 g/mol. The van der Waals surface area contributed by atoms with Gasteiger partial charge in [0, 0.05) is 6.54 Å². The van der Waals surface area contributed by atoms with Crippen molar-refractivity contribution in [3.8, 4) is 6.07 Å². The number of hydrogen-bond acceptors (Lipinski definition) is 3. The summed E-state index contributed by atoms with van der Waals surface area (Å²) in [4.78, 5) is 24.9. The third-order valence-corrected chi connectivity index (χ3v) is 4.01. The largest absolute Gasteiger partial charge is 0.480 e. The van der Waals surface area contributed by atoms with Crippen molar-refractivity contribution in [2.24, 2.45) is 0 Å². The number of carbonyl (C=O) groups excluding carboxylic acids is 1. The molecule has 1 aliphatic heterocycles. The predicted molar refractivity (Wildman–Crippen MR) is 77.2 cm³/mol. The summed E-state index contributed by atoms with van der Waals surface area (Å²) in [6.45, 7) is 1.89. The molecule has 2 amide bonds. The third kappa shape index (κ3) is 2.78. The number of nitrogens with one attached hydrogen (secondary N) is 1. The van der Waals surface area contributed by atoms with Crippen LogP contribution in [0.15, 0.2) is 18.2 Å². The van der Waals surface area contributed by atoms with Gasteiger partial charge in [0.2, 0.25) is 0 Å². The van der Waals surface area contributed by atoms with Crippen molar-refractivity contribution in [3.63, 3.8) is 0 Å². The Bertz CT molecular complexity index is 641. The summed E-state index contributed by atoms with van der Waals surface area (Å²) in [5.41, 5.74) is -0.568. The first-order valence-corrected chi connectivity index (χ1v) is 6.78. The molecule has 1 saturated heterocycles. The summed E-state index contributed by atoms with van der Waals surface area (Å²) < 4.78 is 0. The van der Waals surface area contributed by atoms with Crippen LogP contribution in [0.5, 0.6) is 0 Å². The normalized spacial score (nSPS) is 20.9. The first-order valence-electron chi connectivity index (χ1n) is 6.40. The standard InChI is InChI=1S/C14H14ClN3O3/c1-14(12(19)20)5-2-6-18(14)13(21)17-11-7-9(8-16)3-4-10(11)15/h3-4,7H,2,5-6H2,1H3,(H,17,21)(H,19,20). The molecule has 0 aromatic heterocycles. The number of aliphatic carboxylic acids is 1. The molecule has 7 heteroatoms. The average molecular weight is 308 g/mol. The Labute approximate surface area is 126 Å². The van der Waals surface area contributed by atoms with Crippen LogP contribution >= 0.6 is 11.6 Å². The molecule has 21 heavy (non-hydrogen) atoms. The number of anilines is 1. The minimum Gasteiger partial charge on any atom is -0.480 e. The van der Waals surface area contributed by atoms with Gasteiger partial charge in [0.25, 0.3) is 0 Å². The van der Waals surface area contributed by atoms with E-state index in [1.807, 2.05) is 6.07 Å². The van der Waals surface area contributed by atoms with Crippen LogP contribution in [0.1, 0.15) is 25.3 Å². The summed E-state index contributed by atoms with van der Waals surface area (Å²) in [5.74, 6) is -1.04. The molecule has 1 fully saturated rings. The lowest BCUT2D eigenvalue weighted by molar-refractivity contribution is -0.146. The quantitative estimate of drug-likeness (QED) is 0.878. The third-order valence-electron chi connectivity index (χ3n) is 3.68. The number of nitrogens with zero attached hydrogens (tertiary/aromatic N) is 2. The van der Waals surface area contributed by atoms with Crippen molar-refractivity contribution in [1.29, 1.82) is 5.26 Å². The second kappa shape index (κ2) is 5.62. The van der Waals surface area contributed by atoms with Crippen molar-refractivity contribution < 1.29 is 14.7 Å². The van der Waals surface area contributed by atoms with Gasteiger partial charge < -0.3 is 15.3 Å². The van der Waals surface area contributed by atoms with E-state index in [9.17, 15) is 14.7 Å². The minimum absolute atomic E-state index is 0.290. The van der Waals surface area contributed by atoms with Crippen LogP contribution in [0.2, 0.25) is 5.02 Å². The van der Waals surface area contributed by atoms with E-state index in [4.69, 9.17) is 16.9 Å². The fraction of sp³-hybridized carbons (Fsp3) is 0.357. The Morgan fingerprint density at radius 3 is 2.86 bits per heavy atom. The molecule has 0 saturated carbocycles. The van der Waals surface area contributed by atoms with Crippen molar-refractivity contribution in [2.45, 2.75) is 25.3 Å². The first-order chi connectivity index (χ1) is 9.88. The Morgan fingerprint density at radius 1 is 1.52 bits per heavy atom. The van der Waals surface area contributed by atoms with Gasteiger partial charge in [-0.2, -0.15) is 5.26 Å². The fourth-order valence-corrected chi connectivity index (χ4v) is 2.55. The van der Waals surface area contributed by atoms with Crippen LogP contribution in [-0.4, -0.2) is 34.1 Å². The van der Waals surface area contributed by atoms with Crippen LogP contribution in [-0.2, 0) is 4.79 Å². The molecular formula is C14H14ClN3O3. The van der Waals surface area contributed by atoms with Crippen LogP contribution in [0, 0.1) is 11.3 Å². The predicted octanol–water partition coefficient (Wildman–Crippen LogP) is 2.68. The zero-order valence-electron chi connectivity index (χ0n) is 11.4. The summed E-state index contributed by atoms with van der Waals surface area (Å²) in [6.07, 6.45) is 1.03. The molecule has 1 unspecified atom stereocenters. The number of carboxylic acids is 1. The van der Waals surface area contributed by atoms with E-state index in [0.717, 1.165) is 0 Å². The Morgan fingerprint density at radius 2 is 2.24 bits per heavy atom. The zero-order valence-corrected chi connectivity index (χ0v) is 12.1. The Hall–Kier alpha value is -2.26. The highest BCUT2D eigenvalue weighted by Crippen LogP contribution is 2.31. The molecule has 6 nitrogen and oxygen atoms in total. The van der Waals surface area contributed by atoms with Crippen molar-refractivity contribution in [1.82, 2.24) is 4.90 Å². The number of carbonyl (C=O) groups is 2. The van der Waals surface area contributed by atoms with Gasteiger partial charge in [-0.3, -0.25) is 0 Å². The number of halogens is 1. The molecular weight excluding hydrogens is 294 g/mol. The number of rotatable bonds is 2. The van der Waals surface area contributed by atoms with E-state index in [1.165, 1.54) is 30.0 Å². The highest BCUT2D eigenvalue weighted by atomic mass is 35.5. The SMILES string of the molecule is CC1(C(=O)O)CCCN1C(=O)Nc1cc(C#N)ccc1Cl. The van der Waals surface area contributed by atoms with Crippen LogP contribution in [0.25, 0.3) is 0 Å². The average Bonchev–Trinajstić information content (AvgIpc) is 2.85. The van der Waals surface area contributed by atoms with Gasteiger partial charge in [0.15, 0.2) is 0 Å². The van der Waals surface area contributed by atoms with Gasteiger partial charge in [-0.25, -0.2) is 9.59 Å². The maximum atomic E-state index is 12.3. The summed E-state index contributed by atoms with van der Waals surface area (Å²) in [6, 6.07) is 5.92. The fourth-order valence-electron chi connectivity index (χ4n) is 2.38. The van der Waals surface area contributed by atoms with Gasteiger partial charge in [-0.05, 0) is 38.0 Å².